The second kappa shape index (κ2) is 11.8. The molecular weight excluding hydrogens is 512 g/mol. The van der Waals surface area contributed by atoms with Crippen molar-refractivity contribution < 1.29 is 23.9 Å². The van der Waals surface area contributed by atoms with Crippen molar-refractivity contribution in [1.82, 2.24) is 15.3 Å². The average Bonchev–Trinajstić information content (AvgIpc) is 3.51. The molecule has 2 heterocycles. The van der Waals surface area contributed by atoms with Crippen LogP contribution >= 0.6 is 23.6 Å². The minimum Gasteiger partial charge on any atom is -0.462 e. The molecule has 1 aliphatic heterocycles. The lowest BCUT2D eigenvalue weighted by atomic mass is 10.1. The Balaban J connectivity index is 1.49. The molecule has 4 rings (SSSR count). The topological polar surface area (TPSA) is 108 Å². The van der Waals surface area contributed by atoms with Gasteiger partial charge in [0.1, 0.15) is 6.04 Å². The summed E-state index contributed by atoms with van der Waals surface area (Å²) in [5.41, 5.74) is 4.36. The smallest absolute Gasteiger partial charge is 0.338 e. The molecule has 1 unspecified atom stereocenters. The van der Waals surface area contributed by atoms with Crippen molar-refractivity contribution in [3.05, 3.63) is 88.1 Å². The van der Waals surface area contributed by atoms with E-state index in [0.717, 1.165) is 5.56 Å². The Bertz CT molecular complexity index is 1300. The van der Waals surface area contributed by atoms with Crippen LogP contribution in [0.1, 0.15) is 38.9 Å². The SMILES string of the molecule is CCOC(=O)c1ccc(NC(=O)CC2C(=O)N(Cc3ccccc3)C(=S)N2NC(=O)c2cccs2)cc1. The minimum atomic E-state index is -1.03. The first kappa shape index (κ1) is 26.0. The molecule has 1 atom stereocenters. The maximum Gasteiger partial charge on any atom is 0.338 e. The van der Waals surface area contributed by atoms with Crippen LogP contribution in [0.4, 0.5) is 5.69 Å². The molecule has 1 fully saturated rings. The number of carbonyl (C=O) groups is 4. The number of nitrogens with zero attached hydrogens (tertiary/aromatic N) is 2. The van der Waals surface area contributed by atoms with E-state index in [1.165, 1.54) is 21.2 Å². The molecule has 37 heavy (non-hydrogen) atoms. The van der Waals surface area contributed by atoms with Gasteiger partial charge in [-0.3, -0.25) is 24.7 Å². The molecule has 11 heteroatoms. The Morgan fingerprint density at radius 3 is 2.41 bits per heavy atom. The van der Waals surface area contributed by atoms with Crippen molar-refractivity contribution in [1.29, 1.82) is 0 Å². The summed E-state index contributed by atoms with van der Waals surface area (Å²) in [6.07, 6.45) is -0.255. The number of esters is 1. The second-order valence-corrected chi connectivity index (χ2v) is 9.36. The first-order valence-electron chi connectivity index (χ1n) is 11.5. The van der Waals surface area contributed by atoms with E-state index < -0.39 is 29.7 Å². The Morgan fingerprint density at radius 1 is 1.03 bits per heavy atom. The molecule has 2 aromatic carbocycles. The number of hydrogen-bond acceptors (Lipinski definition) is 7. The summed E-state index contributed by atoms with van der Waals surface area (Å²) in [6, 6.07) is 17.9. The third-order valence-electron chi connectivity index (χ3n) is 5.51. The van der Waals surface area contributed by atoms with E-state index in [1.54, 1.807) is 48.7 Å². The summed E-state index contributed by atoms with van der Waals surface area (Å²) in [6.45, 7) is 2.18. The van der Waals surface area contributed by atoms with Gasteiger partial charge in [-0.05, 0) is 60.4 Å². The number of nitrogens with one attached hydrogen (secondary N) is 2. The normalized spacial score (nSPS) is 15.0. The van der Waals surface area contributed by atoms with Crippen LogP contribution < -0.4 is 10.7 Å². The van der Waals surface area contributed by atoms with Crippen LogP contribution in [0.5, 0.6) is 0 Å². The number of hydrazine groups is 1. The molecule has 3 aromatic rings. The standard InChI is InChI=1S/C26H24N4O5S2/c1-2-35-25(34)18-10-12-19(13-11-18)27-22(31)15-20-24(33)29(16-17-7-4-3-5-8-17)26(36)30(20)28-23(32)21-9-6-14-37-21/h3-14,20H,2,15-16H2,1H3,(H,27,31)(H,28,32). The first-order chi connectivity index (χ1) is 17.9. The largest absolute Gasteiger partial charge is 0.462 e. The summed E-state index contributed by atoms with van der Waals surface area (Å²) in [4.78, 5) is 52.7. The fraction of sp³-hybridized carbons (Fsp3) is 0.192. The van der Waals surface area contributed by atoms with Crippen molar-refractivity contribution in [2.75, 3.05) is 11.9 Å². The number of carbonyl (C=O) groups excluding carboxylic acids is 4. The van der Waals surface area contributed by atoms with Crippen LogP contribution in [0.3, 0.4) is 0 Å². The summed E-state index contributed by atoms with van der Waals surface area (Å²) in [5.74, 6) is -1.73. The summed E-state index contributed by atoms with van der Waals surface area (Å²) < 4.78 is 4.96. The molecule has 0 spiro atoms. The molecule has 3 amide bonds. The minimum absolute atomic E-state index is 0.107. The van der Waals surface area contributed by atoms with E-state index in [0.29, 0.717) is 16.1 Å². The zero-order valence-corrected chi connectivity index (χ0v) is 21.5. The lowest BCUT2D eigenvalue weighted by Gasteiger charge is -2.24. The van der Waals surface area contributed by atoms with Crippen LogP contribution in [0.15, 0.2) is 72.1 Å². The maximum atomic E-state index is 13.4. The van der Waals surface area contributed by atoms with E-state index in [2.05, 4.69) is 10.7 Å². The number of benzene rings is 2. The number of hydrogen-bond donors (Lipinski definition) is 2. The van der Waals surface area contributed by atoms with Gasteiger partial charge in [0.2, 0.25) is 5.91 Å². The van der Waals surface area contributed by atoms with Crippen LogP contribution in [-0.2, 0) is 20.9 Å². The Morgan fingerprint density at radius 2 is 1.76 bits per heavy atom. The fourth-order valence-corrected chi connectivity index (χ4v) is 4.67. The predicted octanol–water partition coefficient (Wildman–Crippen LogP) is 3.60. The quantitative estimate of drug-likeness (QED) is 0.318. The average molecular weight is 537 g/mol. The highest BCUT2D eigenvalue weighted by Crippen LogP contribution is 2.23. The van der Waals surface area contributed by atoms with Gasteiger partial charge in [-0.15, -0.1) is 11.3 Å². The van der Waals surface area contributed by atoms with Gasteiger partial charge in [0.05, 0.1) is 30.0 Å². The van der Waals surface area contributed by atoms with Crippen LogP contribution in [0.2, 0.25) is 0 Å². The number of ether oxygens (including phenoxy) is 1. The zero-order valence-electron chi connectivity index (χ0n) is 19.9. The van der Waals surface area contributed by atoms with E-state index in [9.17, 15) is 19.2 Å². The Hall–Kier alpha value is -4.09. The van der Waals surface area contributed by atoms with Gasteiger partial charge in [-0.2, -0.15) is 0 Å². The molecule has 1 saturated heterocycles. The van der Waals surface area contributed by atoms with Gasteiger partial charge < -0.3 is 10.1 Å². The lowest BCUT2D eigenvalue weighted by molar-refractivity contribution is -0.131. The Labute approximate surface area is 223 Å². The molecule has 1 aliphatic rings. The number of amides is 3. The van der Waals surface area contributed by atoms with Gasteiger partial charge in [0.25, 0.3) is 11.8 Å². The first-order valence-corrected chi connectivity index (χ1v) is 12.8. The number of rotatable bonds is 9. The maximum absolute atomic E-state index is 13.4. The van der Waals surface area contributed by atoms with E-state index in [-0.39, 0.29) is 24.7 Å². The highest BCUT2D eigenvalue weighted by Gasteiger charge is 2.44. The second-order valence-electron chi connectivity index (χ2n) is 8.05. The van der Waals surface area contributed by atoms with E-state index >= 15 is 0 Å². The van der Waals surface area contributed by atoms with Gasteiger partial charge in [0, 0.05) is 5.69 Å². The third kappa shape index (κ3) is 6.19. The van der Waals surface area contributed by atoms with E-state index in [1.807, 2.05) is 30.3 Å². The highest BCUT2D eigenvalue weighted by molar-refractivity contribution is 7.80. The monoisotopic (exact) mass is 536 g/mol. The van der Waals surface area contributed by atoms with Gasteiger partial charge in [-0.1, -0.05) is 36.4 Å². The highest BCUT2D eigenvalue weighted by atomic mass is 32.1. The molecule has 2 N–H and O–H groups in total. The molecule has 190 valence electrons. The number of thiophene rings is 1. The van der Waals surface area contributed by atoms with Crippen molar-refractivity contribution in [2.24, 2.45) is 0 Å². The van der Waals surface area contributed by atoms with Crippen molar-refractivity contribution >= 4 is 58.0 Å². The van der Waals surface area contributed by atoms with Crippen LogP contribution in [-0.4, -0.2) is 51.4 Å². The van der Waals surface area contributed by atoms with Gasteiger partial charge in [-0.25, -0.2) is 9.80 Å². The van der Waals surface area contributed by atoms with E-state index in [4.69, 9.17) is 17.0 Å². The molecule has 0 radical (unpaired) electrons. The number of anilines is 1. The van der Waals surface area contributed by atoms with Crippen molar-refractivity contribution in [3.8, 4) is 0 Å². The summed E-state index contributed by atoms with van der Waals surface area (Å²) in [5, 5.41) is 5.88. The van der Waals surface area contributed by atoms with Crippen LogP contribution in [0, 0.1) is 0 Å². The van der Waals surface area contributed by atoms with Crippen molar-refractivity contribution in [2.45, 2.75) is 25.9 Å². The molecule has 0 saturated carbocycles. The zero-order chi connectivity index (χ0) is 26.4. The lowest BCUT2D eigenvalue weighted by Crippen LogP contribution is -2.49. The summed E-state index contributed by atoms with van der Waals surface area (Å²) in [7, 11) is 0. The van der Waals surface area contributed by atoms with Gasteiger partial charge in [0.15, 0.2) is 5.11 Å². The van der Waals surface area contributed by atoms with Crippen LogP contribution in [0.25, 0.3) is 0 Å². The summed E-state index contributed by atoms with van der Waals surface area (Å²) >= 11 is 6.80. The predicted molar refractivity (Wildman–Crippen MR) is 143 cm³/mol. The molecule has 0 bridgehead atoms. The number of thiocarbonyl (C=S) groups is 1. The van der Waals surface area contributed by atoms with Gasteiger partial charge >= 0.3 is 5.97 Å². The fourth-order valence-electron chi connectivity index (χ4n) is 3.73. The molecule has 9 nitrogen and oxygen atoms in total. The third-order valence-corrected chi connectivity index (χ3v) is 6.79. The molecule has 1 aromatic heterocycles. The molecular formula is C26H24N4O5S2. The Kier molecular flexibility index (Phi) is 8.26. The van der Waals surface area contributed by atoms with Crippen molar-refractivity contribution in [3.63, 3.8) is 0 Å². The molecule has 0 aliphatic carbocycles.